The molecule has 6 nitrogen and oxygen atoms in total. The van der Waals surface area contributed by atoms with Gasteiger partial charge in [-0.25, -0.2) is 4.79 Å². The zero-order valence-electron chi connectivity index (χ0n) is 16.4. The first-order chi connectivity index (χ1) is 13.5. The van der Waals surface area contributed by atoms with Crippen LogP contribution < -0.4 is 20.4 Å². The summed E-state index contributed by atoms with van der Waals surface area (Å²) in [6.07, 6.45) is -0.0599. The first-order valence-corrected chi connectivity index (χ1v) is 8.97. The molecule has 2 aromatic carbocycles. The molecule has 0 saturated heterocycles. The smallest absolute Gasteiger partial charge is 0.340 e. The van der Waals surface area contributed by atoms with Crippen molar-refractivity contribution in [1.29, 1.82) is 0 Å². The highest BCUT2D eigenvalue weighted by Crippen LogP contribution is 2.36. The van der Waals surface area contributed by atoms with Crippen LogP contribution in [0.25, 0.3) is 11.0 Å². The van der Waals surface area contributed by atoms with Gasteiger partial charge in [0.2, 0.25) is 11.7 Å². The van der Waals surface area contributed by atoms with Gasteiger partial charge in [0.05, 0.1) is 32.2 Å². The normalized spacial score (nSPS) is 11.9. The molecule has 0 fully saturated rings. The average Bonchev–Trinajstić information content (AvgIpc) is 2.70. The molecule has 0 spiro atoms. The third-order valence-electron chi connectivity index (χ3n) is 4.81. The second kappa shape index (κ2) is 8.17. The van der Waals surface area contributed by atoms with E-state index in [1.807, 2.05) is 37.3 Å². The number of rotatable bonds is 6. The van der Waals surface area contributed by atoms with Gasteiger partial charge < -0.3 is 19.2 Å². The molecule has 28 heavy (non-hydrogen) atoms. The summed E-state index contributed by atoms with van der Waals surface area (Å²) in [6, 6.07) is 13.0. The van der Waals surface area contributed by atoms with Gasteiger partial charge in [-0.15, -0.1) is 0 Å². The fourth-order valence-corrected chi connectivity index (χ4v) is 3.25. The minimum Gasteiger partial charge on any atom is -0.493 e. The Labute approximate surface area is 163 Å². The van der Waals surface area contributed by atoms with E-state index in [1.165, 1.54) is 14.2 Å². The lowest BCUT2D eigenvalue weighted by Crippen LogP contribution is -2.30. The number of nitrogens with one attached hydrogen (secondary N) is 1. The molecular weight excluding hydrogens is 358 g/mol. The molecule has 3 aromatic rings. The Morgan fingerprint density at radius 1 is 1.11 bits per heavy atom. The van der Waals surface area contributed by atoms with Crippen molar-refractivity contribution < 1.29 is 18.7 Å². The van der Waals surface area contributed by atoms with Crippen LogP contribution in [-0.4, -0.2) is 20.1 Å². The molecule has 0 aliphatic heterocycles. The second-order valence-corrected chi connectivity index (χ2v) is 6.55. The van der Waals surface area contributed by atoms with Gasteiger partial charge in [0.15, 0.2) is 11.3 Å². The number of hydrogen-bond donors (Lipinski definition) is 1. The van der Waals surface area contributed by atoms with Crippen molar-refractivity contribution in [3.8, 4) is 11.5 Å². The van der Waals surface area contributed by atoms with E-state index in [1.54, 1.807) is 19.1 Å². The molecule has 6 heteroatoms. The van der Waals surface area contributed by atoms with Gasteiger partial charge in [0, 0.05) is 5.39 Å². The van der Waals surface area contributed by atoms with Crippen LogP contribution >= 0.6 is 0 Å². The van der Waals surface area contributed by atoms with Crippen molar-refractivity contribution in [3.05, 3.63) is 69.6 Å². The van der Waals surface area contributed by atoms with Gasteiger partial charge in [0.1, 0.15) is 0 Å². The number of carbonyl (C=O) groups is 1. The number of carbonyl (C=O) groups excluding carboxylic acids is 1. The monoisotopic (exact) mass is 381 g/mol. The van der Waals surface area contributed by atoms with E-state index < -0.39 is 5.63 Å². The van der Waals surface area contributed by atoms with E-state index in [9.17, 15) is 9.59 Å². The largest absolute Gasteiger partial charge is 0.493 e. The Morgan fingerprint density at radius 3 is 2.46 bits per heavy atom. The Kier molecular flexibility index (Phi) is 5.68. The molecule has 0 unspecified atom stereocenters. The van der Waals surface area contributed by atoms with Crippen molar-refractivity contribution in [3.63, 3.8) is 0 Å². The van der Waals surface area contributed by atoms with Crippen molar-refractivity contribution in [2.45, 2.75) is 26.3 Å². The molecule has 0 bridgehead atoms. The summed E-state index contributed by atoms with van der Waals surface area (Å²) >= 11 is 0. The molecular formula is C22H23NO5. The third kappa shape index (κ3) is 3.71. The van der Waals surface area contributed by atoms with Crippen LogP contribution in [0.2, 0.25) is 0 Å². The lowest BCUT2D eigenvalue weighted by Gasteiger charge is -2.15. The fraction of sp³-hybridized carbons (Fsp3) is 0.273. The fourth-order valence-electron chi connectivity index (χ4n) is 3.25. The minimum atomic E-state index is -0.556. The predicted octanol–water partition coefficient (Wildman–Crippen LogP) is 3.54. The van der Waals surface area contributed by atoms with Gasteiger partial charge in [-0.2, -0.15) is 0 Å². The van der Waals surface area contributed by atoms with Gasteiger partial charge in [0.25, 0.3) is 0 Å². The molecule has 1 amide bonds. The molecule has 3 rings (SSSR count). The summed E-state index contributed by atoms with van der Waals surface area (Å²) in [5.41, 5.74) is 1.77. The van der Waals surface area contributed by atoms with Crippen molar-refractivity contribution in [1.82, 2.24) is 5.32 Å². The maximum Gasteiger partial charge on any atom is 0.340 e. The Morgan fingerprint density at radius 2 is 1.82 bits per heavy atom. The van der Waals surface area contributed by atoms with Crippen LogP contribution in [0, 0.1) is 6.92 Å². The molecule has 0 aliphatic carbocycles. The second-order valence-electron chi connectivity index (χ2n) is 6.55. The number of aryl methyl sites for hydroxylation is 1. The number of ether oxygens (including phenoxy) is 2. The van der Waals surface area contributed by atoms with Crippen LogP contribution in [0.4, 0.5) is 0 Å². The van der Waals surface area contributed by atoms with Gasteiger partial charge in [-0.1, -0.05) is 30.3 Å². The molecule has 146 valence electrons. The number of amides is 1. The molecule has 1 N–H and O–H groups in total. The molecule has 0 radical (unpaired) electrons. The van der Waals surface area contributed by atoms with Crippen LogP contribution in [-0.2, 0) is 11.2 Å². The topological polar surface area (TPSA) is 77.8 Å². The highest BCUT2D eigenvalue weighted by Gasteiger charge is 2.20. The number of methoxy groups -OCH3 is 2. The van der Waals surface area contributed by atoms with Crippen molar-refractivity contribution in [2.75, 3.05) is 14.2 Å². The van der Waals surface area contributed by atoms with Crippen LogP contribution in [0.1, 0.15) is 29.7 Å². The quantitative estimate of drug-likeness (QED) is 0.661. The Hall–Kier alpha value is -3.28. The Balaban J connectivity index is 1.91. The summed E-state index contributed by atoms with van der Waals surface area (Å²) in [4.78, 5) is 25.1. The summed E-state index contributed by atoms with van der Waals surface area (Å²) in [6.45, 7) is 3.70. The predicted molar refractivity (Wildman–Crippen MR) is 107 cm³/mol. The van der Waals surface area contributed by atoms with Crippen LogP contribution in [0.3, 0.4) is 0 Å². The zero-order valence-corrected chi connectivity index (χ0v) is 16.4. The molecule has 1 heterocycles. The van der Waals surface area contributed by atoms with E-state index in [0.717, 1.165) is 5.56 Å². The van der Waals surface area contributed by atoms with E-state index in [2.05, 4.69) is 5.32 Å². The van der Waals surface area contributed by atoms with Crippen molar-refractivity contribution >= 4 is 16.9 Å². The zero-order chi connectivity index (χ0) is 20.3. The van der Waals surface area contributed by atoms with Crippen LogP contribution in [0.15, 0.2) is 51.7 Å². The standard InChI is InChI=1S/C22H23NO5/c1-13-16-10-11-18(26-3)21(27-4)20(16)28-22(25)17(13)12-19(24)23-14(2)15-8-6-5-7-9-15/h5-11,14H,12H2,1-4H3,(H,23,24)/t14-/m0/s1. The van der Waals surface area contributed by atoms with Crippen LogP contribution in [0.5, 0.6) is 11.5 Å². The van der Waals surface area contributed by atoms with E-state index in [-0.39, 0.29) is 18.4 Å². The minimum absolute atomic E-state index is 0.0599. The average molecular weight is 381 g/mol. The maximum atomic E-state index is 12.6. The number of benzene rings is 2. The summed E-state index contributed by atoms with van der Waals surface area (Å²) < 4.78 is 16.1. The molecule has 0 saturated carbocycles. The maximum absolute atomic E-state index is 12.6. The third-order valence-corrected chi connectivity index (χ3v) is 4.81. The first-order valence-electron chi connectivity index (χ1n) is 8.97. The molecule has 1 aromatic heterocycles. The first kappa shape index (κ1) is 19.5. The van der Waals surface area contributed by atoms with Gasteiger partial charge in [-0.3, -0.25) is 4.79 Å². The summed E-state index contributed by atoms with van der Waals surface area (Å²) in [5, 5.41) is 3.63. The van der Waals surface area contributed by atoms with Crippen molar-refractivity contribution in [2.24, 2.45) is 0 Å². The number of hydrogen-bond acceptors (Lipinski definition) is 5. The lowest BCUT2D eigenvalue weighted by molar-refractivity contribution is -0.121. The van der Waals surface area contributed by atoms with Gasteiger partial charge >= 0.3 is 5.63 Å². The molecule has 1 atom stereocenters. The highest BCUT2D eigenvalue weighted by atomic mass is 16.5. The summed E-state index contributed by atoms with van der Waals surface area (Å²) in [5.74, 6) is 0.584. The van der Waals surface area contributed by atoms with Gasteiger partial charge in [-0.05, 0) is 37.1 Å². The highest BCUT2D eigenvalue weighted by molar-refractivity contribution is 5.89. The lowest BCUT2D eigenvalue weighted by atomic mass is 10.0. The van der Waals surface area contributed by atoms with E-state index >= 15 is 0 Å². The van der Waals surface area contributed by atoms with E-state index in [4.69, 9.17) is 13.9 Å². The Bertz CT molecular complexity index is 1060. The summed E-state index contributed by atoms with van der Waals surface area (Å²) in [7, 11) is 3.00. The number of fused-ring (bicyclic) bond motifs is 1. The SMILES string of the molecule is COc1ccc2c(C)c(CC(=O)N[C@@H](C)c3ccccc3)c(=O)oc2c1OC. The molecule has 0 aliphatic rings. The van der Waals surface area contributed by atoms with E-state index in [0.29, 0.717) is 33.6 Å².